The highest BCUT2D eigenvalue weighted by atomic mass is 35.5. The molecule has 4 unspecified atom stereocenters. The summed E-state index contributed by atoms with van der Waals surface area (Å²) in [5, 5.41) is 0.541. The Balaban J connectivity index is 1.33. The van der Waals surface area contributed by atoms with Crippen LogP contribution in [0.25, 0.3) is 0 Å². The predicted octanol–water partition coefficient (Wildman–Crippen LogP) is 4.09. The number of nitrogens with zero attached hydrogens (tertiary/aromatic N) is 1. The molecule has 4 atom stereocenters. The molecule has 2 aliphatic carbocycles. The highest BCUT2D eigenvalue weighted by molar-refractivity contribution is 6.30. The molecule has 1 aliphatic heterocycles. The fraction of sp³-hybridized carbons (Fsp3) is 0.318. The van der Waals surface area contributed by atoms with Crippen LogP contribution in [0.5, 0.6) is 5.75 Å². The number of ether oxygens (including phenoxy) is 1. The molecule has 2 saturated carbocycles. The average molecular weight is 396 g/mol. The third kappa shape index (κ3) is 2.65. The third-order valence-electron chi connectivity index (χ3n) is 6.31. The first kappa shape index (κ1) is 17.4. The third-order valence-corrected chi connectivity index (χ3v) is 6.56. The van der Waals surface area contributed by atoms with Crippen molar-refractivity contribution < 1.29 is 19.1 Å². The van der Waals surface area contributed by atoms with Gasteiger partial charge in [0.15, 0.2) is 0 Å². The Bertz CT molecular complexity index is 941. The van der Waals surface area contributed by atoms with Gasteiger partial charge in [-0.1, -0.05) is 11.6 Å². The highest BCUT2D eigenvalue weighted by Crippen LogP contribution is 2.56. The van der Waals surface area contributed by atoms with Crippen LogP contribution < -0.4 is 9.64 Å². The molecule has 3 aliphatic rings. The van der Waals surface area contributed by atoms with Gasteiger partial charge in [-0.05, 0) is 79.6 Å². The van der Waals surface area contributed by atoms with Crippen LogP contribution in [0.3, 0.4) is 0 Å². The molecule has 5 nitrogen and oxygen atoms in total. The Hall–Kier alpha value is -2.66. The van der Waals surface area contributed by atoms with Gasteiger partial charge >= 0.3 is 5.97 Å². The molecule has 5 rings (SSSR count). The maximum Gasteiger partial charge on any atom is 0.343 e. The quantitative estimate of drug-likeness (QED) is 0.446. The lowest BCUT2D eigenvalue weighted by Gasteiger charge is -2.19. The normalized spacial score (nSPS) is 28.0. The van der Waals surface area contributed by atoms with Gasteiger partial charge < -0.3 is 4.74 Å². The zero-order valence-electron chi connectivity index (χ0n) is 15.0. The van der Waals surface area contributed by atoms with E-state index < -0.39 is 5.97 Å². The minimum Gasteiger partial charge on any atom is -0.423 e. The van der Waals surface area contributed by atoms with Crippen molar-refractivity contribution in [2.45, 2.75) is 19.3 Å². The molecule has 0 N–H and O–H groups in total. The standard InChI is InChI=1S/C22H18ClNO4/c23-15-5-3-12(4-6-15)22(27)28-17-9-7-16(8-10-17)24-20(25)18-13-1-2-14(11-13)19(18)21(24)26/h3-10,13-14,18-19H,1-2,11H2. The number of rotatable bonds is 3. The van der Waals surface area contributed by atoms with Crippen molar-refractivity contribution in [3.05, 3.63) is 59.1 Å². The van der Waals surface area contributed by atoms with Crippen molar-refractivity contribution in [2.24, 2.45) is 23.7 Å². The van der Waals surface area contributed by atoms with Gasteiger partial charge in [0, 0.05) is 5.02 Å². The predicted molar refractivity (Wildman–Crippen MR) is 103 cm³/mol. The minimum atomic E-state index is -0.496. The topological polar surface area (TPSA) is 63.7 Å². The number of amides is 2. The summed E-state index contributed by atoms with van der Waals surface area (Å²) in [6.45, 7) is 0. The van der Waals surface area contributed by atoms with E-state index in [2.05, 4.69) is 0 Å². The first-order valence-corrected chi connectivity index (χ1v) is 9.86. The number of benzene rings is 2. The van der Waals surface area contributed by atoms with Gasteiger partial charge in [0.1, 0.15) is 5.75 Å². The number of hydrogen-bond acceptors (Lipinski definition) is 4. The summed E-state index contributed by atoms with van der Waals surface area (Å²) in [6.07, 6.45) is 3.12. The number of carbonyl (C=O) groups excluding carboxylic acids is 3. The molecule has 0 spiro atoms. The second-order valence-corrected chi connectivity index (χ2v) is 8.22. The van der Waals surface area contributed by atoms with Crippen molar-refractivity contribution in [3.8, 4) is 5.75 Å². The van der Waals surface area contributed by atoms with E-state index in [4.69, 9.17) is 16.3 Å². The van der Waals surface area contributed by atoms with Gasteiger partial charge in [-0.25, -0.2) is 4.79 Å². The van der Waals surface area contributed by atoms with Crippen LogP contribution >= 0.6 is 11.6 Å². The number of esters is 1. The smallest absolute Gasteiger partial charge is 0.343 e. The first-order valence-electron chi connectivity index (χ1n) is 9.48. The molecule has 2 aromatic rings. The second kappa shape index (κ2) is 6.45. The molecule has 1 saturated heterocycles. The molecular formula is C22H18ClNO4. The van der Waals surface area contributed by atoms with Gasteiger partial charge in [-0.2, -0.15) is 0 Å². The molecule has 142 valence electrons. The minimum absolute atomic E-state index is 0.0758. The van der Waals surface area contributed by atoms with Crippen LogP contribution in [0.4, 0.5) is 5.69 Å². The summed E-state index contributed by atoms with van der Waals surface area (Å²) in [7, 11) is 0. The zero-order valence-corrected chi connectivity index (χ0v) is 15.8. The van der Waals surface area contributed by atoms with Gasteiger partial charge in [-0.3, -0.25) is 14.5 Å². The molecule has 2 aromatic carbocycles. The number of anilines is 1. The fourth-order valence-corrected chi connectivity index (χ4v) is 5.20. The van der Waals surface area contributed by atoms with Gasteiger partial charge in [0.2, 0.25) is 11.8 Å². The van der Waals surface area contributed by atoms with E-state index in [9.17, 15) is 14.4 Å². The van der Waals surface area contributed by atoms with Crippen molar-refractivity contribution in [1.29, 1.82) is 0 Å². The zero-order chi connectivity index (χ0) is 19.4. The van der Waals surface area contributed by atoms with E-state index in [-0.39, 0.29) is 23.7 Å². The van der Waals surface area contributed by atoms with E-state index in [0.29, 0.717) is 33.9 Å². The van der Waals surface area contributed by atoms with Gasteiger partial charge in [0.25, 0.3) is 0 Å². The maximum atomic E-state index is 12.9. The fourth-order valence-electron chi connectivity index (χ4n) is 5.08. The van der Waals surface area contributed by atoms with Crippen molar-refractivity contribution in [1.82, 2.24) is 0 Å². The van der Waals surface area contributed by atoms with E-state index in [1.54, 1.807) is 48.5 Å². The van der Waals surface area contributed by atoms with E-state index in [1.165, 1.54) is 4.90 Å². The average Bonchev–Trinajstić information content (AvgIpc) is 3.37. The molecule has 2 bridgehead atoms. The number of carbonyl (C=O) groups is 3. The molecule has 0 aromatic heterocycles. The molecular weight excluding hydrogens is 378 g/mol. The monoisotopic (exact) mass is 395 g/mol. The number of hydrogen-bond donors (Lipinski definition) is 0. The summed E-state index contributed by atoms with van der Waals surface area (Å²) in [4.78, 5) is 39.3. The van der Waals surface area contributed by atoms with Crippen LogP contribution in [0.1, 0.15) is 29.6 Å². The molecule has 1 heterocycles. The summed E-state index contributed by atoms with van der Waals surface area (Å²) in [5.41, 5.74) is 0.928. The van der Waals surface area contributed by atoms with E-state index in [0.717, 1.165) is 19.3 Å². The molecule has 6 heteroatoms. The van der Waals surface area contributed by atoms with Crippen LogP contribution in [0, 0.1) is 23.7 Å². The Morgan fingerprint density at radius 2 is 1.46 bits per heavy atom. The van der Waals surface area contributed by atoms with Crippen molar-refractivity contribution >= 4 is 35.1 Å². The lowest BCUT2D eigenvalue weighted by Crippen LogP contribution is -2.32. The number of halogens is 1. The summed E-state index contributed by atoms with van der Waals surface area (Å²) in [6, 6.07) is 12.9. The van der Waals surface area contributed by atoms with Crippen LogP contribution in [0.15, 0.2) is 48.5 Å². The van der Waals surface area contributed by atoms with Gasteiger partial charge in [-0.15, -0.1) is 0 Å². The van der Waals surface area contributed by atoms with Crippen LogP contribution in [-0.2, 0) is 9.59 Å². The first-order chi connectivity index (χ1) is 13.5. The summed E-state index contributed by atoms with van der Waals surface area (Å²) < 4.78 is 5.36. The number of imide groups is 1. The Kier molecular flexibility index (Phi) is 4.02. The van der Waals surface area contributed by atoms with E-state index >= 15 is 0 Å². The van der Waals surface area contributed by atoms with E-state index in [1.807, 2.05) is 0 Å². The lowest BCUT2D eigenvalue weighted by molar-refractivity contribution is -0.123. The summed E-state index contributed by atoms with van der Waals surface area (Å²) in [5.74, 6) is 0.127. The SMILES string of the molecule is O=C(Oc1ccc(N2C(=O)C3C4CCC(C4)C3C2=O)cc1)c1ccc(Cl)cc1. The molecule has 0 radical (unpaired) electrons. The highest BCUT2D eigenvalue weighted by Gasteiger charge is 2.61. The maximum absolute atomic E-state index is 12.9. The largest absolute Gasteiger partial charge is 0.423 e. The Morgan fingerprint density at radius 1 is 0.893 bits per heavy atom. The second-order valence-electron chi connectivity index (χ2n) is 7.79. The molecule has 2 amide bonds. The molecule has 28 heavy (non-hydrogen) atoms. The van der Waals surface area contributed by atoms with Crippen LogP contribution in [0.2, 0.25) is 5.02 Å². The van der Waals surface area contributed by atoms with Crippen LogP contribution in [-0.4, -0.2) is 17.8 Å². The Labute approximate surface area is 167 Å². The Morgan fingerprint density at radius 3 is 2.04 bits per heavy atom. The van der Waals surface area contributed by atoms with Crippen molar-refractivity contribution in [2.75, 3.05) is 4.90 Å². The molecule has 3 fully saturated rings. The van der Waals surface area contributed by atoms with Crippen molar-refractivity contribution in [3.63, 3.8) is 0 Å². The number of fused-ring (bicyclic) bond motifs is 5. The van der Waals surface area contributed by atoms with Gasteiger partial charge in [0.05, 0.1) is 23.1 Å². The summed E-state index contributed by atoms with van der Waals surface area (Å²) >= 11 is 5.82. The lowest BCUT2D eigenvalue weighted by atomic mass is 9.81.